The molecule has 0 spiro atoms. The first-order valence-electron chi connectivity index (χ1n) is 16.0. The Morgan fingerprint density at radius 2 is 1.63 bits per heavy atom. The molecule has 0 saturated carbocycles. The Morgan fingerprint density at radius 1 is 1.00 bits per heavy atom. The Kier molecular flexibility index (Phi) is 19.7. The number of carbonyl (C=O) groups excluding carboxylic acids is 1. The Labute approximate surface area is 257 Å². The fourth-order valence-corrected chi connectivity index (χ4v) is 5.31. The molecule has 0 aliphatic rings. The number of aryl methyl sites for hydroxylation is 1. The first kappa shape index (κ1) is 36.8. The normalized spacial score (nSPS) is 13.5. The van der Waals surface area contributed by atoms with Crippen LogP contribution in [0.15, 0.2) is 35.6 Å². The second-order valence-electron chi connectivity index (χ2n) is 11.0. The lowest BCUT2D eigenvalue weighted by Gasteiger charge is -2.19. The maximum absolute atomic E-state index is 12.3. The molecule has 2 aromatic heterocycles. The number of nitrogens with one attached hydrogen (secondary N) is 1. The van der Waals surface area contributed by atoms with Crippen molar-refractivity contribution in [3.8, 4) is 5.88 Å². The van der Waals surface area contributed by atoms with Gasteiger partial charge in [0, 0.05) is 12.6 Å². The fourth-order valence-electron chi connectivity index (χ4n) is 4.57. The quantitative estimate of drug-likeness (QED) is 0.0646. The number of amides is 1. The van der Waals surface area contributed by atoms with E-state index >= 15 is 0 Å². The van der Waals surface area contributed by atoms with Crippen molar-refractivity contribution in [2.24, 2.45) is 7.05 Å². The second kappa shape index (κ2) is 23.0. The number of phosphoric ester groups is 1. The summed E-state index contributed by atoms with van der Waals surface area (Å²) in [6, 6.07) is 1.47. The summed E-state index contributed by atoms with van der Waals surface area (Å²) in [4.78, 5) is 22.2. The maximum Gasteiger partial charge on any atom is 0.472 e. The van der Waals surface area contributed by atoms with Gasteiger partial charge >= 0.3 is 13.9 Å². The molecule has 2 heterocycles. The number of unbranched alkanes of at least 4 members (excludes halogenated alkanes) is 14. The van der Waals surface area contributed by atoms with Gasteiger partial charge in [-0.05, 0) is 11.6 Å². The fraction of sp³-hybridized carbons (Fsp3) is 0.767. The smallest absolute Gasteiger partial charge is 0.466 e. The zero-order chi connectivity index (χ0) is 31.0. The van der Waals surface area contributed by atoms with Crippen LogP contribution in [-0.2, 0) is 31.9 Å². The van der Waals surface area contributed by atoms with Crippen molar-refractivity contribution >= 4 is 13.9 Å². The average Bonchev–Trinajstić information content (AvgIpc) is 3.65. The molecule has 12 nitrogen and oxygen atoms in total. The van der Waals surface area contributed by atoms with E-state index < -0.39 is 20.0 Å². The largest absolute Gasteiger partial charge is 0.472 e. The predicted molar refractivity (Wildman–Crippen MR) is 163 cm³/mol. The molecule has 2 unspecified atom stereocenters. The number of imidazole rings is 1. The summed E-state index contributed by atoms with van der Waals surface area (Å²) < 4.78 is 41.7. The van der Waals surface area contributed by atoms with Crippen LogP contribution in [-0.4, -0.2) is 53.2 Å². The SMILES string of the molecule is CCCCCCCCCCCCCCCCCNC(=O)OCC(COP(=O)(O)OCCn1cc[n+](C)c1)Oc1ccon1. The van der Waals surface area contributed by atoms with Gasteiger partial charge in [-0.1, -0.05) is 96.8 Å². The molecular formula is C30H54N4O8P+. The monoisotopic (exact) mass is 629 g/mol. The van der Waals surface area contributed by atoms with Gasteiger partial charge in [-0.2, -0.15) is 0 Å². The van der Waals surface area contributed by atoms with Crippen molar-refractivity contribution in [2.45, 2.75) is 116 Å². The Bertz CT molecular complexity index is 1000. The van der Waals surface area contributed by atoms with Crippen molar-refractivity contribution in [3.05, 3.63) is 31.1 Å². The average molecular weight is 630 g/mol. The van der Waals surface area contributed by atoms with E-state index in [4.69, 9.17) is 23.0 Å². The van der Waals surface area contributed by atoms with Crippen LogP contribution in [0.5, 0.6) is 5.88 Å². The van der Waals surface area contributed by atoms with Crippen LogP contribution in [0.1, 0.15) is 103 Å². The third-order valence-corrected chi connectivity index (χ3v) is 7.99. The lowest BCUT2D eigenvalue weighted by molar-refractivity contribution is -0.671. The van der Waals surface area contributed by atoms with E-state index in [0.29, 0.717) is 13.1 Å². The van der Waals surface area contributed by atoms with Crippen molar-refractivity contribution in [1.82, 2.24) is 15.0 Å². The highest BCUT2D eigenvalue weighted by Gasteiger charge is 2.26. The van der Waals surface area contributed by atoms with Gasteiger partial charge in [-0.25, -0.2) is 18.5 Å². The number of phosphoric acid groups is 1. The number of nitrogens with zero attached hydrogens (tertiary/aromatic N) is 3. The minimum absolute atomic E-state index is 0.0323. The molecule has 0 fully saturated rings. The van der Waals surface area contributed by atoms with Crippen LogP contribution in [0, 0.1) is 0 Å². The van der Waals surface area contributed by atoms with E-state index in [9.17, 15) is 14.3 Å². The molecule has 246 valence electrons. The van der Waals surface area contributed by atoms with E-state index in [1.807, 2.05) is 34.9 Å². The summed E-state index contributed by atoms with van der Waals surface area (Å²) in [6.45, 7) is 2.52. The highest BCUT2D eigenvalue weighted by Crippen LogP contribution is 2.43. The molecule has 0 aromatic carbocycles. The van der Waals surface area contributed by atoms with Gasteiger partial charge in [0.15, 0.2) is 6.10 Å². The minimum atomic E-state index is -4.36. The molecule has 1 amide bonds. The first-order valence-corrected chi connectivity index (χ1v) is 17.5. The van der Waals surface area contributed by atoms with Crippen molar-refractivity contribution in [3.63, 3.8) is 0 Å². The standard InChI is InChI=1S/C30H53N4O8P/c1-3-4-5-6-7-8-9-10-11-12-13-14-15-16-17-19-31-30(35)38-25-28(42-29-18-23-39-32-29)26-41-43(36,37)40-24-22-34-21-20-33(2)27-34/h18,20-21,23,27-28H,3-17,19,22,24-26H2,1-2H3,(H-,31,35,36,37)/p+1. The van der Waals surface area contributed by atoms with Gasteiger partial charge in [0.25, 0.3) is 5.88 Å². The summed E-state index contributed by atoms with van der Waals surface area (Å²) in [5.74, 6) is 0.129. The van der Waals surface area contributed by atoms with Crippen LogP contribution in [0.25, 0.3) is 0 Å². The van der Waals surface area contributed by atoms with Gasteiger partial charge in [0.1, 0.15) is 31.8 Å². The Morgan fingerprint density at radius 3 is 2.19 bits per heavy atom. The minimum Gasteiger partial charge on any atom is -0.466 e. The van der Waals surface area contributed by atoms with E-state index in [0.717, 1.165) is 19.3 Å². The van der Waals surface area contributed by atoms with E-state index in [1.54, 1.807) is 0 Å². The number of hydrogen-bond donors (Lipinski definition) is 2. The molecule has 0 aliphatic heterocycles. The third kappa shape index (κ3) is 19.5. The summed E-state index contributed by atoms with van der Waals surface area (Å²) in [5.41, 5.74) is 0. The number of carbonyl (C=O) groups is 1. The molecule has 43 heavy (non-hydrogen) atoms. The van der Waals surface area contributed by atoms with Crippen molar-refractivity contribution in [2.75, 3.05) is 26.4 Å². The molecule has 0 radical (unpaired) electrons. The molecule has 0 bridgehead atoms. The zero-order valence-corrected chi connectivity index (χ0v) is 27.1. The predicted octanol–water partition coefficient (Wildman–Crippen LogP) is 6.48. The maximum atomic E-state index is 12.3. The van der Waals surface area contributed by atoms with Crippen LogP contribution < -0.4 is 14.6 Å². The van der Waals surface area contributed by atoms with Crippen molar-refractivity contribution < 1.29 is 41.9 Å². The lowest BCUT2D eigenvalue weighted by Crippen LogP contribution is -2.33. The third-order valence-electron chi connectivity index (χ3n) is 7.00. The first-order chi connectivity index (χ1) is 20.9. The molecule has 2 rings (SSSR count). The number of rotatable bonds is 27. The number of alkyl carbamates (subject to hydrolysis) is 1. The second-order valence-corrected chi connectivity index (χ2v) is 12.4. The highest BCUT2D eigenvalue weighted by molar-refractivity contribution is 7.47. The van der Waals surface area contributed by atoms with Crippen LogP contribution >= 0.6 is 7.82 Å². The van der Waals surface area contributed by atoms with E-state index in [2.05, 4.69) is 17.4 Å². The van der Waals surface area contributed by atoms with Gasteiger partial charge in [-0.15, -0.1) is 0 Å². The molecule has 0 saturated heterocycles. The Balaban J connectivity index is 1.51. The number of aromatic nitrogens is 3. The van der Waals surface area contributed by atoms with Crippen LogP contribution in [0.4, 0.5) is 4.79 Å². The molecular weight excluding hydrogens is 575 g/mol. The van der Waals surface area contributed by atoms with Gasteiger partial charge in [0.05, 0.1) is 20.3 Å². The van der Waals surface area contributed by atoms with Gasteiger partial charge in [0.2, 0.25) is 6.33 Å². The molecule has 0 aliphatic carbocycles. The summed E-state index contributed by atoms with van der Waals surface area (Å²) >= 11 is 0. The van der Waals surface area contributed by atoms with Gasteiger partial charge in [-0.3, -0.25) is 9.05 Å². The molecule has 2 atom stereocenters. The molecule has 13 heteroatoms. The van der Waals surface area contributed by atoms with Gasteiger partial charge < -0.3 is 24.2 Å². The van der Waals surface area contributed by atoms with E-state index in [1.165, 1.54) is 89.4 Å². The Hall–Kier alpha value is -2.40. The van der Waals surface area contributed by atoms with Crippen LogP contribution in [0.3, 0.4) is 0 Å². The summed E-state index contributed by atoms with van der Waals surface area (Å²) in [5, 5.41) is 6.40. The molecule has 2 N–H and O–H groups in total. The lowest BCUT2D eigenvalue weighted by atomic mass is 10.0. The summed E-state index contributed by atoms with van der Waals surface area (Å²) in [7, 11) is -2.49. The van der Waals surface area contributed by atoms with Crippen LogP contribution in [0.2, 0.25) is 0 Å². The molecule has 2 aromatic rings. The summed E-state index contributed by atoms with van der Waals surface area (Å²) in [6.07, 6.45) is 24.5. The highest BCUT2D eigenvalue weighted by atomic mass is 31.2. The topological polar surface area (TPSA) is 138 Å². The zero-order valence-electron chi connectivity index (χ0n) is 26.2. The number of hydrogen-bond acceptors (Lipinski definition) is 8. The van der Waals surface area contributed by atoms with E-state index in [-0.39, 0.29) is 25.7 Å². The number of ether oxygens (including phenoxy) is 2. The van der Waals surface area contributed by atoms with Crippen molar-refractivity contribution in [1.29, 1.82) is 0 Å².